The largest absolute Gasteiger partial charge is 0.309 e. The molecule has 0 unspecified atom stereocenters. The summed E-state index contributed by atoms with van der Waals surface area (Å²) in [7, 11) is 0. The molecular formula is C38H22N4. The van der Waals surface area contributed by atoms with E-state index in [1.54, 1.807) is 0 Å². The maximum Gasteiger partial charge on any atom is 0.195 e. The third kappa shape index (κ3) is 3.40. The molecule has 0 spiro atoms. The summed E-state index contributed by atoms with van der Waals surface area (Å²) in [6, 6.07) is 47.8. The summed E-state index contributed by atoms with van der Waals surface area (Å²) in [5, 5.41) is 14.9. The van der Waals surface area contributed by atoms with Gasteiger partial charge in [-0.05, 0) is 65.7 Å². The summed E-state index contributed by atoms with van der Waals surface area (Å²) in [6.07, 6.45) is 0. The summed E-state index contributed by atoms with van der Waals surface area (Å²) in [6.45, 7) is 8.01. The molecule has 0 N–H and O–H groups in total. The first-order chi connectivity index (χ1) is 20.8. The minimum absolute atomic E-state index is 0.510. The second-order valence-electron chi connectivity index (χ2n) is 10.4. The van der Waals surface area contributed by atoms with Crippen molar-refractivity contribution in [3.05, 3.63) is 150 Å². The second kappa shape index (κ2) is 9.24. The molecule has 0 aliphatic rings. The lowest BCUT2D eigenvalue weighted by Gasteiger charge is -2.15. The number of rotatable bonds is 3. The first-order valence-corrected chi connectivity index (χ1v) is 13.8. The highest BCUT2D eigenvalue weighted by Crippen LogP contribution is 2.40. The number of aromatic nitrogens is 2. The molecule has 0 atom stereocenters. The minimum atomic E-state index is 0.510. The van der Waals surface area contributed by atoms with Gasteiger partial charge in [0.2, 0.25) is 0 Å². The molecule has 0 aliphatic heterocycles. The van der Waals surface area contributed by atoms with Crippen molar-refractivity contribution in [3.63, 3.8) is 0 Å². The van der Waals surface area contributed by atoms with Crippen molar-refractivity contribution in [2.75, 3.05) is 0 Å². The zero-order valence-electron chi connectivity index (χ0n) is 22.5. The normalized spacial score (nSPS) is 11.3. The SMILES string of the molecule is [C-]#[N+]c1ccc(-n2c3ccccc3c3ccccc32)cc1-c1cc(-n2c3ccccc3c3ccccc32)ccc1C#N. The number of para-hydroxylation sites is 4. The predicted octanol–water partition coefficient (Wildman–Crippen LogP) is 9.97. The topological polar surface area (TPSA) is 38.0 Å². The van der Waals surface area contributed by atoms with E-state index in [9.17, 15) is 5.26 Å². The number of benzene rings is 6. The fourth-order valence-corrected chi connectivity index (χ4v) is 6.37. The first-order valence-electron chi connectivity index (χ1n) is 13.8. The molecule has 0 saturated heterocycles. The molecule has 8 aromatic rings. The Morgan fingerprint density at radius 2 is 0.905 bits per heavy atom. The van der Waals surface area contributed by atoms with Crippen molar-refractivity contribution in [1.82, 2.24) is 9.13 Å². The second-order valence-corrected chi connectivity index (χ2v) is 10.4. The number of hydrogen-bond acceptors (Lipinski definition) is 1. The molecule has 2 aromatic heterocycles. The lowest BCUT2D eigenvalue weighted by atomic mass is 9.97. The minimum Gasteiger partial charge on any atom is -0.309 e. The zero-order valence-corrected chi connectivity index (χ0v) is 22.5. The molecule has 8 rings (SSSR count). The van der Waals surface area contributed by atoms with Crippen LogP contribution in [0.1, 0.15) is 5.56 Å². The monoisotopic (exact) mass is 534 g/mol. The molecule has 4 heteroatoms. The molecule has 6 aromatic carbocycles. The quantitative estimate of drug-likeness (QED) is 0.208. The van der Waals surface area contributed by atoms with Crippen LogP contribution in [0.4, 0.5) is 5.69 Å². The molecule has 0 amide bonds. The van der Waals surface area contributed by atoms with Crippen LogP contribution in [0.25, 0.3) is 71.0 Å². The fourth-order valence-electron chi connectivity index (χ4n) is 6.37. The molecule has 0 aliphatic carbocycles. The van der Waals surface area contributed by atoms with Crippen LogP contribution in [0.5, 0.6) is 0 Å². The van der Waals surface area contributed by atoms with Gasteiger partial charge in [-0.25, -0.2) is 4.85 Å². The van der Waals surface area contributed by atoms with Crippen molar-refractivity contribution in [3.8, 4) is 28.6 Å². The van der Waals surface area contributed by atoms with E-state index < -0.39 is 0 Å². The van der Waals surface area contributed by atoms with Crippen LogP contribution in [-0.4, -0.2) is 9.13 Å². The van der Waals surface area contributed by atoms with E-state index in [2.05, 4.69) is 129 Å². The standard InChI is InChI=1S/C38H22N4/c1-40-34-21-20-27(42-37-16-8-4-12-30(37)31-13-5-9-17-38(31)42)23-33(34)32-22-26(19-18-25(32)24-39)41-35-14-6-2-10-28(35)29-11-3-7-15-36(29)41/h2-23H. The van der Waals surface area contributed by atoms with Crippen LogP contribution in [0.2, 0.25) is 0 Å². The lowest BCUT2D eigenvalue weighted by molar-refractivity contribution is 1.17. The smallest absolute Gasteiger partial charge is 0.195 e. The van der Waals surface area contributed by atoms with E-state index in [1.165, 1.54) is 21.5 Å². The van der Waals surface area contributed by atoms with E-state index in [0.717, 1.165) is 44.6 Å². The highest BCUT2D eigenvalue weighted by Gasteiger charge is 2.18. The molecule has 0 saturated carbocycles. The Morgan fingerprint density at radius 1 is 0.500 bits per heavy atom. The van der Waals surface area contributed by atoms with Gasteiger partial charge in [-0.15, -0.1) is 0 Å². The van der Waals surface area contributed by atoms with Crippen molar-refractivity contribution in [1.29, 1.82) is 5.26 Å². The van der Waals surface area contributed by atoms with E-state index in [0.29, 0.717) is 11.3 Å². The van der Waals surface area contributed by atoms with E-state index in [4.69, 9.17) is 6.57 Å². The summed E-state index contributed by atoms with van der Waals surface area (Å²) in [4.78, 5) is 3.89. The third-order valence-corrected chi connectivity index (χ3v) is 8.19. The third-order valence-electron chi connectivity index (χ3n) is 8.19. The molecular weight excluding hydrogens is 512 g/mol. The van der Waals surface area contributed by atoms with Gasteiger partial charge in [-0.1, -0.05) is 78.9 Å². The summed E-state index contributed by atoms with van der Waals surface area (Å²) in [5.41, 5.74) is 8.80. The summed E-state index contributed by atoms with van der Waals surface area (Å²) in [5.74, 6) is 0. The molecule has 2 heterocycles. The van der Waals surface area contributed by atoms with Gasteiger partial charge in [-0.2, -0.15) is 5.26 Å². The highest BCUT2D eigenvalue weighted by molar-refractivity contribution is 6.10. The van der Waals surface area contributed by atoms with Crippen LogP contribution >= 0.6 is 0 Å². The number of nitrogens with zero attached hydrogens (tertiary/aromatic N) is 4. The van der Waals surface area contributed by atoms with Crippen molar-refractivity contribution in [2.24, 2.45) is 0 Å². The molecule has 42 heavy (non-hydrogen) atoms. The maximum atomic E-state index is 10.2. The molecule has 194 valence electrons. The van der Waals surface area contributed by atoms with Crippen molar-refractivity contribution in [2.45, 2.75) is 0 Å². The van der Waals surface area contributed by atoms with Gasteiger partial charge >= 0.3 is 0 Å². The number of hydrogen-bond donors (Lipinski definition) is 0. The summed E-state index contributed by atoms with van der Waals surface area (Å²) < 4.78 is 4.48. The lowest BCUT2D eigenvalue weighted by Crippen LogP contribution is -1.97. The Labute approximate surface area is 242 Å². The van der Waals surface area contributed by atoms with Crippen LogP contribution in [0.15, 0.2) is 133 Å². The van der Waals surface area contributed by atoms with Crippen LogP contribution in [0.3, 0.4) is 0 Å². The summed E-state index contributed by atoms with van der Waals surface area (Å²) >= 11 is 0. The van der Waals surface area contributed by atoms with E-state index in [-0.39, 0.29) is 0 Å². The van der Waals surface area contributed by atoms with Gasteiger partial charge in [0.1, 0.15) is 0 Å². The van der Waals surface area contributed by atoms with Crippen LogP contribution in [-0.2, 0) is 0 Å². The predicted molar refractivity (Wildman–Crippen MR) is 172 cm³/mol. The highest BCUT2D eigenvalue weighted by atomic mass is 15.0. The Balaban J connectivity index is 1.40. The van der Waals surface area contributed by atoms with Gasteiger partial charge in [-0.3, -0.25) is 0 Å². The Kier molecular flexibility index (Phi) is 5.22. The number of fused-ring (bicyclic) bond motifs is 6. The molecule has 0 fully saturated rings. The van der Waals surface area contributed by atoms with Crippen LogP contribution in [0, 0.1) is 17.9 Å². The Hall–Kier alpha value is -6.10. The van der Waals surface area contributed by atoms with Gasteiger partial charge < -0.3 is 9.13 Å². The molecule has 0 bridgehead atoms. The Bertz CT molecular complexity index is 2160. The van der Waals surface area contributed by atoms with Gasteiger partial charge in [0, 0.05) is 32.9 Å². The zero-order chi connectivity index (χ0) is 28.2. The van der Waals surface area contributed by atoms with E-state index in [1.807, 2.05) is 24.3 Å². The number of nitriles is 1. The average molecular weight is 535 g/mol. The van der Waals surface area contributed by atoms with Gasteiger partial charge in [0.25, 0.3) is 0 Å². The fraction of sp³-hybridized carbons (Fsp3) is 0. The first kappa shape index (κ1) is 23.8. The maximum absolute atomic E-state index is 10.2. The molecule has 0 radical (unpaired) electrons. The van der Waals surface area contributed by atoms with E-state index >= 15 is 0 Å². The van der Waals surface area contributed by atoms with Crippen molar-refractivity contribution < 1.29 is 0 Å². The Morgan fingerprint density at radius 3 is 1.33 bits per heavy atom. The van der Waals surface area contributed by atoms with Crippen molar-refractivity contribution >= 4 is 49.3 Å². The molecule has 4 nitrogen and oxygen atoms in total. The van der Waals surface area contributed by atoms with Gasteiger partial charge in [0.05, 0.1) is 40.3 Å². The van der Waals surface area contributed by atoms with Gasteiger partial charge in [0.15, 0.2) is 5.69 Å². The van der Waals surface area contributed by atoms with Crippen LogP contribution < -0.4 is 0 Å². The average Bonchev–Trinajstić information content (AvgIpc) is 3.57.